The first-order valence-corrected chi connectivity index (χ1v) is 6.26. The predicted molar refractivity (Wildman–Crippen MR) is 70.5 cm³/mol. The molecule has 0 spiro atoms. The van der Waals surface area contributed by atoms with E-state index in [0.717, 1.165) is 5.69 Å². The van der Waals surface area contributed by atoms with E-state index < -0.39 is 0 Å². The molecule has 5 heteroatoms. The Morgan fingerprint density at radius 2 is 2.18 bits per heavy atom. The number of hydrogen-bond donors (Lipinski definition) is 2. The summed E-state index contributed by atoms with van der Waals surface area (Å²) in [6.07, 6.45) is 0.391. The molecule has 0 unspecified atom stereocenters. The second-order valence-electron chi connectivity index (χ2n) is 4.02. The van der Waals surface area contributed by atoms with Gasteiger partial charge in [-0.05, 0) is 48.0 Å². The lowest BCUT2D eigenvalue weighted by Crippen LogP contribution is -2.31. The van der Waals surface area contributed by atoms with E-state index in [2.05, 4.69) is 26.6 Å². The van der Waals surface area contributed by atoms with Crippen LogP contribution < -0.4 is 10.6 Å². The number of rotatable bonds is 5. The van der Waals surface area contributed by atoms with Gasteiger partial charge in [0.2, 0.25) is 5.91 Å². The average molecular weight is 303 g/mol. The summed E-state index contributed by atoms with van der Waals surface area (Å²) in [6.45, 7) is 4.35. The molecule has 0 radical (unpaired) electrons. The molecule has 0 heterocycles. The molecule has 0 fully saturated rings. The van der Waals surface area contributed by atoms with Crippen LogP contribution in [0.15, 0.2) is 22.7 Å². The number of halogens is 2. The largest absolute Gasteiger partial charge is 0.384 e. The quantitative estimate of drug-likeness (QED) is 0.878. The van der Waals surface area contributed by atoms with E-state index >= 15 is 0 Å². The lowest BCUT2D eigenvalue weighted by Gasteiger charge is -2.10. The average Bonchev–Trinajstić information content (AvgIpc) is 2.20. The van der Waals surface area contributed by atoms with Gasteiger partial charge in [-0.3, -0.25) is 4.79 Å². The number of carbonyl (C=O) groups excluding carboxylic acids is 1. The van der Waals surface area contributed by atoms with Crippen molar-refractivity contribution >= 4 is 27.5 Å². The molecule has 0 aromatic heterocycles. The van der Waals surface area contributed by atoms with Crippen LogP contribution in [0.2, 0.25) is 0 Å². The first kappa shape index (κ1) is 14.0. The van der Waals surface area contributed by atoms with Crippen molar-refractivity contribution in [1.82, 2.24) is 5.32 Å². The van der Waals surface area contributed by atoms with E-state index in [1.54, 1.807) is 6.07 Å². The molecule has 0 saturated carbocycles. The molecule has 3 nitrogen and oxygen atoms in total. The molecule has 94 valence electrons. The van der Waals surface area contributed by atoms with Gasteiger partial charge in [-0.15, -0.1) is 0 Å². The Morgan fingerprint density at radius 3 is 2.76 bits per heavy atom. The van der Waals surface area contributed by atoms with Crippen LogP contribution in [0.4, 0.5) is 10.1 Å². The van der Waals surface area contributed by atoms with E-state index in [4.69, 9.17) is 0 Å². The van der Waals surface area contributed by atoms with Crippen LogP contribution in [0.25, 0.3) is 0 Å². The number of benzene rings is 1. The number of amides is 1. The van der Waals surface area contributed by atoms with Gasteiger partial charge in [0, 0.05) is 29.2 Å². The first-order valence-electron chi connectivity index (χ1n) is 5.47. The van der Waals surface area contributed by atoms with Gasteiger partial charge in [-0.1, -0.05) is 0 Å². The van der Waals surface area contributed by atoms with Crippen molar-refractivity contribution in [3.8, 4) is 0 Å². The summed E-state index contributed by atoms with van der Waals surface area (Å²) >= 11 is 3.25. The highest BCUT2D eigenvalue weighted by Crippen LogP contribution is 2.22. The van der Waals surface area contributed by atoms with Crippen molar-refractivity contribution in [1.29, 1.82) is 0 Å². The van der Waals surface area contributed by atoms with E-state index in [-0.39, 0.29) is 17.8 Å². The highest BCUT2D eigenvalue weighted by atomic mass is 79.9. The number of nitrogens with one attached hydrogen (secondary N) is 2. The summed E-state index contributed by atoms with van der Waals surface area (Å²) in [7, 11) is 0. The Labute approximate surface area is 109 Å². The van der Waals surface area contributed by atoms with Gasteiger partial charge in [0.15, 0.2) is 0 Å². The molecule has 2 N–H and O–H groups in total. The summed E-state index contributed by atoms with van der Waals surface area (Å²) in [6, 6.07) is 4.55. The highest BCUT2D eigenvalue weighted by molar-refractivity contribution is 9.10. The van der Waals surface area contributed by atoms with Crippen molar-refractivity contribution in [3.63, 3.8) is 0 Å². The summed E-state index contributed by atoms with van der Waals surface area (Å²) in [4.78, 5) is 11.4. The van der Waals surface area contributed by atoms with E-state index in [9.17, 15) is 9.18 Å². The third kappa shape index (κ3) is 5.17. The first-order chi connectivity index (χ1) is 7.99. The van der Waals surface area contributed by atoms with Crippen LogP contribution in [-0.2, 0) is 4.79 Å². The van der Waals surface area contributed by atoms with Crippen LogP contribution in [0.1, 0.15) is 20.3 Å². The van der Waals surface area contributed by atoms with Crippen molar-refractivity contribution in [2.24, 2.45) is 0 Å². The summed E-state index contributed by atoms with van der Waals surface area (Å²) in [5, 5.41) is 5.87. The Bertz CT molecular complexity index is 396. The normalized spacial score (nSPS) is 10.4. The standard InChI is InChI=1S/C12H16BrFN2O/c1-8(2)16-12(17)5-6-15-11-4-3-9(14)7-10(11)13/h3-4,7-8,15H,5-6H2,1-2H3,(H,16,17). The molecule has 1 aromatic carbocycles. The van der Waals surface area contributed by atoms with E-state index in [1.807, 2.05) is 13.8 Å². The van der Waals surface area contributed by atoms with E-state index in [1.165, 1.54) is 12.1 Å². The molecule has 1 aromatic rings. The Morgan fingerprint density at radius 1 is 1.47 bits per heavy atom. The summed E-state index contributed by atoms with van der Waals surface area (Å²) in [5.74, 6) is -0.286. The lowest BCUT2D eigenvalue weighted by molar-refractivity contribution is -0.121. The zero-order valence-electron chi connectivity index (χ0n) is 9.89. The number of anilines is 1. The molecule has 0 aliphatic carbocycles. The predicted octanol–water partition coefficient (Wildman–Crippen LogP) is 2.91. The maximum Gasteiger partial charge on any atom is 0.221 e. The zero-order chi connectivity index (χ0) is 12.8. The second-order valence-corrected chi connectivity index (χ2v) is 4.88. The molecular weight excluding hydrogens is 287 g/mol. The minimum atomic E-state index is -0.292. The topological polar surface area (TPSA) is 41.1 Å². The molecule has 0 aliphatic rings. The van der Waals surface area contributed by atoms with Crippen LogP contribution in [-0.4, -0.2) is 18.5 Å². The van der Waals surface area contributed by atoms with Crippen LogP contribution >= 0.6 is 15.9 Å². The molecule has 17 heavy (non-hydrogen) atoms. The lowest BCUT2D eigenvalue weighted by atomic mass is 10.3. The second kappa shape index (κ2) is 6.59. The Hall–Kier alpha value is -1.10. The monoisotopic (exact) mass is 302 g/mol. The molecule has 1 amide bonds. The minimum Gasteiger partial charge on any atom is -0.384 e. The maximum absolute atomic E-state index is 12.8. The highest BCUT2D eigenvalue weighted by Gasteiger charge is 2.04. The van der Waals surface area contributed by atoms with Crippen molar-refractivity contribution in [2.45, 2.75) is 26.3 Å². The molecule has 1 rings (SSSR count). The van der Waals surface area contributed by atoms with Crippen LogP contribution in [0.5, 0.6) is 0 Å². The summed E-state index contributed by atoms with van der Waals surface area (Å²) < 4.78 is 13.5. The number of carbonyl (C=O) groups is 1. The van der Waals surface area contributed by atoms with Gasteiger partial charge in [-0.2, -0.15) is 0 Å². The fraction of sp³-hybridized carbons (Fsp3) is 0.417. The Balaban J connectivity index is 2.38. The van der Waals surface area contributed by atoms with Crippen LogP contribution in [0.3, 0.4) is 0 Å². The fourth-order valence-corrected chi connectivity index (χ4v) is 1.83. The third-order valence-corrected chi connectivity index (χ3v) is 2.70. The smallest absolute Gasteiger partial charge is 0.221 e. The molecule has 0 atom stereocenters. The van der Waals surface area contributed by atoms with Crippen molar-refractivity contribution < 1.29 is 9.18 Å². The SMILES string of the molecule is CC(C)NC(=O)CCNc1ccc(F)cc1Br. The van der Waals surface area contributed by atoms with Crippen LogP contribution in [0, 0.1) is 5.82 Å². The van der Waals surface area contributed by atoms with Crippen molar-refractivity contribution in [2.75, 3.05) is 11.9 Å². The van der Waals surface area contributed by atoms with Gasteiger partial charge in [0.1, 0.15) is 5.82 Å². The van der Waals surface area contributed by atoms with E-state index in [0.29, 0.717) is 17.4 Å². The summed E-state index contributed by atoms with van der Waals surface area (Å²) in [5.41, 5.74) is 0.781. The van der Waals surface area contributed by atoms with Gasteiger partial charge >= 0.3 is 0 Å². The maximum atomic E-state index is 12.8. The molecule has 0 aliphatic heterocycles. The number of hydrogen-bond acceptors (Lipinski definition) is 2. The minimum absolute atomic E-state index is 0.00531. The molecular formula is C12H16BrFN2O. The van der Waals surface area contributed by atoms with Gasteiger partial charge in [-0.25, -0.2) is 4.39 Å². The van der Waals surface area contributed by atoms with Gasteiger partial charge in [0.05, 0.1) is 0 Å². The van der Waals surface area contributed by atoms with Gasteiger partial charge in [0.25, 0.3) is 0 Å². The molecule has 0 saturated heterocycles. The molecule has 0 bridgehead atoms. The fourth-order valence-electron chi connectivity index (χ4n) is 1.34. The third-order valence-electron chi connectivity index (χ3n) is 2.05. The Kier molecular flexibility index (Phi) is 5.41. The zero-order valence-corrected chi connectivity index (χ0v) is 11.5. The van der Waals surface area contributed by atoms with Gasteiger partial charge < -0.3 is 10.6 Å². The van der Waals surface area contributed by atoms with Crippen molar-refractivity contribution in [3.05, 3.63) is 28.5 Å².